The van der Waals surface area contributed by atoms with E-state index in [2.05, 4.69) is 36.1 Å². The molecule has 0 aromatic heterocycles. The molecule has 0 bridgehead atoms. The van der Waals surface area contributed by atoms with Crippen LogP contribution in [-0.2, 0) is 19.1 Å². The van der Waals surface area contributed by atoms with Gasteiger partial charge in [0.25, 0.3) is 0 Å². The van der Waals surface area contributed by atoms with Crippen molar-refractivity contribution in [2.45, 2.75) is 116 Å². The average molecular weight is 655 g/mol. The van der Waals surface area contributed by atoms with Gasteiger partial charge in [-0.1, -0.05) is 20.8 Å². The summed E-state index contributed by atoms with van der Waals surface area (Å²) < 4.78 is 4.67. The van der Waals surface area contributed by atoms with Gasteiger partial charge in [0.1, 0.15) is 6.04 Å². The number of rotatable bonds is 11. The number of benzene rings is 1. The largest absolute Gasteiger partial charge is 0.480 e. The highest BCUT2D eigenvalue weighted by molar-refractivity contribution is 5.93. The number of anilines is 1. The standard InChI is InChI=1S/C37H54N2O8/c1-21(5-13-32(43)39-29(34(44)45)12-14-31(42)38-24-8-6-22(7-9-24)35(46)47-4)26-10-11-27-33-28(16-18-37(26,27)3)36(2)17-15-25(40)19-23(36)20-30(33)41/h6-9,21,23,25-30,33,40-41H,5,10-20H2,1-4H3,(H,38,42)(H,39,43)(H,44,45)/t21-,23-,25-,26-,27+,28+,29+,30-,33+,36+,37-/m1/s1. The topological polar surface area (TPSA) is 162 Å². The zero-order valence-corrected chi connectivity index (χ0v) is 28.4. The van der Waals surface area contributed by atoms with Crippen molar-refractivity contribution in [3.8, 4) is 0 Å². The Labute approximate surface area is 278 Å². The van der Waals surface area contributed by atoms with Crippen LogP contribution in [-0.4, -0.2) is 64.4 Å². The molecule has 0 aliphatic heterocycles. The Morgan fingerprint density at radius 3 is 2.23 bits per heavy atom. The maximum Gasteiger partial charge on any atom is 0.337 e. The number of carbonyl (C=O) groups is 4. The SMILES string of the molecule is COC(=O)c1ccc(NC(=O)CC[C@H](NC(=O)CC[C@@H](C)[C@H]2CC[C@H]3[C@@H]4[C@H](O)C[C@H]5C[C@H](O)CC[C@]5(C)[C@H]4CC[C@]23C)C(=O)O)cc1. The summed E-state index contributed by atoms with van der Waals surface area (Å²) in [7, 11) is 1.29. The van der Waals surface area contributed by atoms with E-state index >= 15 is 0 Å². The number of hydrogen-bond acceptors (Lipinski definition) is 7. The maximum absolute atomic E-state index is 12.9. The number of hydrogen-bond donors (Lipinski definition) is 5. The first-order chi connectivity index (χ1) is 22.3. The van der Waals surface area contributed by atoms with E-state index in [0.29, 0.717) is 47.3 Å². The molecule has 10 heteroatoms. The van der Waals surface area contributed by atoms with E-state index in [9.17, 15) is 34.5 Å². The van der Waals surface area contributed by atoms with Crippen molar-refractivity contribution in [1.29, 1.82) is 0 Å². The first-order valence-corrected chi connectivity index (χ1v) is 17.6. The molecule has 0 unspecified atom stereocenters. The zero-order valence-electron chi connectivity index (χ0n) is 28.4. The summed E-state index contributed by atoms with van der Waals surface area (Å²) in [5.74, 6) is -0.0487. The minimum absolute atomic E-state index is 0.0469. The fourth-order valence-electron chi connectivity index (χ4n) is 10.6. The number of esters is 1. The van der Waals surface area contributed by atoms with Crippen LogP contribution in [0.5, 0.6) is 0 Å². The lowest BCUT2D eigenvalue weighted by Crippen LogP contribution is -2.58. The van der Waals surface area contributed by atoms with Crippen LogP contribution in [0.3, 0.4) is 0 Å². The Morgan fingerprint density at radius 1 is 0.894 bits per heavy atom. The van der Waals surface area contributed by atoms with Crippen molar-refractivity contribution < 1.29 is 39.2 Å². The second-order valence-corrected chi connectivity index (χ2v) is 15.6. The van der Waals surface area contributed by atoms with Gasteiger partial charge in [-0.25, -0.2) is 9.59 Å². The highest BCUT2D eigenvalue weighted by atomic mass is 16.5. The van der Waals surface area contributed by atoms with E-state index in [0.717, 1.165) is 51.4 Å². The van der Waals surface area contributed by atoms with Crippen molar-refractivity contribution in [2.75, 3.05) is 12.4 Å². The second-order valence-electron chi connectivity index (χ2n) is 15.6. The summed E-state index contributed by atoms with van der Waals surface area (Å²) in [5, 5.41) is 36.9. The Kier molecular flexibility index (Phi) is 10.7. The van der Waals surface area contributed by atoms with E-state index in [-0.39, 0.29) is 54.1 Å². The van der Waals surface area contributed by atoms with Gasteiger partial charge in [0.15, 0.2) is 0 Å². The average Bonchev–Trinajstić information content (AvgIpc) is 3.39. The summed E-state index contributed by atoms with van der Waals surface area (Å²) in [4.78, 5) is 49.0. The van der Waals surface area contributed by atoms with Gasteiger partial charge in [0.05, 0.1) is 24.9 Å². The fraction of sp³-hybridized carbons (Fsp3) is 0.730. The number of methoxy groups -OCH3 is 1. The van der Waals surface area contributed by atoms with Crippen LogP contribution in [0.25, 0.3) is 0 Å². The first-order valence-electron chi connectivity index (χ1n) is 17.6. The third-order valence-corrected chi connectivity index (χ3v) is 13.1. The van der Waals surface area contributed by atoms with Crippen LogP contribution >= 0.6 is 0 Å². The number of aliphatic hydroxyl groups is 2. The Balaban J connectivity index is 1.11. The van der Waals surface area contributed by atoms with Crippen molar-refractivity contribution in [1.82, 2.24) is 5.32 Å². The lowest BCUT2D eigenvalue weighted by molar-refractivity contribution is -0.174. The van der Waals surface area contributed by atoms with E-state index in [1.165, 1.54) is 19.2 Å². The molecule has 4 fully saturated rings. The van der Waals surface area contributed by atoms with Crippen LogP contribution in [0.15, 0.2) is 24.3 Å². The predicted molar refractivity (Wildman–Crippen MR) is 176 cm³/mol. The molecule has 4 aliphatic rings. The number of carboxylic acid groups (broad SMARTS) is 1. The van der Waals surface area contributed by atoms with Gasteiger partial charge in [-0.15, -0.1) is 0 Å². The van der Waals surface area contributed by atoms with E-state index in [4.69, 9.17) is 0 Å². The van der Waals surface area contributed by atoms with Gasteiger partial charge in [-0.05, 0) is 135 Å². The van der Waals surface area contributed by atoms with Crippen molar-refractivity contribution >= 4 is 29.4 Å². The summed E-state index contributed by atoms with van der Waals surface area (Å²) in [5.41, 5.74) is 1.10. The lowest BCUT2D eigenvalue weighted by atomic mass is 9.43. The molecule has 1 aromatic carbocycles. The van der Waals surface area contributed by atoms with Gasteiger partial charge in [0.2, 0.25) is 11.8 Å². The summed E-state index contributed by atoms with van der Waals surface area (Å²) in [6.45, 7) is 7.05. The van der Waals surface area contributed by atoms with Crippen LogP contribution in [0.2, 0.25) is 0 Å². The molecule has 11 atom stereocenters. The van der Waals surface area contributed by atoms with E-state index in [1.54, 1.807) is 12.1 Å². The van der Waals surface area contributed by atoms with Gasteiger partial charge in [0, 0.05) is 18.5 Å². The van der Waals surface area contributed by atoms with Crippen LogP contribution in [0.4, 0.5) is 5.69 Å². The highest BCUT2D eigenvalue weighted by Gasteiger charge is 2.62. The van der Waals surface area contributed by atoms with Gasteiger partial charge in [-0.3, -0.25) is 9.59 Å². The molecule has 5 N–H and O–H groups in total. The number of aliphatic carboxylic acids is 1. The number of fused-ring (bicyclic) bond motifs is 5. The van der Waals surface area contributed by atoms with Crippen molar-refractivity contribution in [2.24, 2.45) is 46.3 Å². The number of nitrogens with one attached hydrogen (secondary N) is 2. The van der Waals surface area contributed by atoms with E-state index in [1.807, 2.05) is 0 Å². The molecule has 4 aliphatic carbocycles. The summed E-state index contributed by atoms with van der Waals surface area (Å²) in [6, 6.07) is 5.01. The molecule has 47 heavy (non-hydrogen) atoms. The molecule has 0 radical (unpaired) electrons. The Morgan fingerprint density at radius 2 is 1.55 bits per heavy atom. The molecule has 2 amide bonds. The van der Waals surface area contributed by atoms with Crippen molar-refractivity contribution in [3.05, 3.63) is 29.8 Å². The maximum atomic E-state index is 12.9. The number of aliphatic hydroxyl groups excluding tert-OH is 2. The quantitative estimate of drug-likeness (QED) is 0.204. The van der Waals surface area contributed by atoms with Crippen LogP contribution in [0, 0.1) is 46.3 Å². The van der Waals surface area contributed by atoms with Crippen LogP contribution < -0.4 is 10.6 Å². The third kappa shape index (κ3) is 7.24. The molecule has 4 saturated carbocycles. The minimum atomic E-state index is -1.18. The van der Waals surface area contributed by atoms with Gasteiger partial charge in [-0.2, -0.15) is 0 Å². The highest BCUT2D eigenvalue weighted by Crippen LogP contribution is 2.68. The fourth-order valence-corrected chi connectivity index (χ4v) is 10.6. The molecule has 260 valence electrons. The smallest absolute Gasteiger partial charge is 0.337 e. The summed E-state index contributed by atoms with van der Waals surface area (Å²) >= 11 is 0. The van der Waals surface area contributed by atoms with Gasteiger partial charge >= 0.3 is 11.9 Å². The number of carbonyl (C=O) groups excluding carboxylic acids is 3. The zero-order chi connectivity index (χ0) is 34.1. The van der Waals surface area contributed by atoms with Crippen molar-refractivity contribution in [3.63, 3.8) is 0 Å². The molecule has 0 spiro atoms. The Hall–Kier alpha value is -2.98. The Bertz CT molecular complexity index is 1320. The normalized spacial score (nSPS) is 35.7. The number of carboxylic acids is 1. The molecular formula is C37H54N2O8. The van der Waals surface area contributed by atoms with Crippen LogP contribution in [0.1, 0.15) is 108 Å². The molecule has 1 aromatic rings. The molecular weight excluding hydrogens is 600 g/mol. The lowest BCUT2D eigenvalue weighted by Gasteiger charge is -2.62. The van der Waals surface area contributed by atoms with E-state index < -0.39 is 23.9 Å². The number of ether oxygens (including phenoxy) is 1. The monoisotopic (exact) mass is 654 g/mol. The van der Waals surface area contributed by atoms with Gasteiger partial charge < -0.3 is 30.7 Å². The molecule has 0 saturated heterocycles. The number of amides is 2. The molecule has 0 heterocycles. The molecule has 5 rings (SSSR count). The molecule has 10 nitrogen and oxygen atoms in total. The minimum Gasteiger partial charge on any atom is -0.480 e. The predicted octanol–water partition coefficient (Wildman–Crippen LogP) is 5.17. The summed E-state index contributed by atoms with van der Waals surface area (Å²) in [6.07, 6.45) is 8.07. The second kappa shape index (κ2) is 14.2. The first kappa shape index (κ1) is 35.3. The third-order valence-electron chi connectivity index (χ3n) is 13.1.